The molecule has 0 aliphatic rings. The van der Waals surface area contributed by atoms with Crippen molar-refractivity contribution in [2.75, 3.05) is 6.54 Å². The quantitative estimate of drug-likeness (QED) is 0.860. The number of halogens is 2. The minimum Gasteiger partial charge on any atom is -0.387 e. The molecule has 0 spiro atoms. The first kappa shape index (κ1) is 15.6. The van der Waals surface area contributed by atoms with E-state index in [0.29, 0.717) is 0 Å². The fourth-order valence-electron chi connectivity index (χ4n) is 2.10. The van der Waals surface area contributed by atoms with Gasteiger partial charge in [-0.3, -0.25) is 4.68 Å². The molecule has 6 heteroatoms. The third-order valence-corrected chi connectivity index (χ3v) is 3.62. The summed E-state index contributed by atoms with van der Waals surface area (Å²) in [4.78, 5) is 0. The zero-order valence-electron chi connectivity index (χ0n) is 12.0. The average Bonchev–Trinajstić information content (AvgIpc) is 2.97. The average molecular weight is 295 g/mol. The molecule has 0 saturated heterocycles. The summed E-state index contributed by atoms with van der Waals surface area (Å²) >= 11 is 0. The molecule has 0 saturated carbocycles. The van der Waals surface area contributed by atoms with E-state index in [0.717, 1.165) is 12.1 Å². The van der Waals surface area contributed by atoms with Crippen LogP contribution in [0.1, 0.15) is 31.6 Å². The summed E-state index contributed by atoms with van der Waals surface area (Å²) in [6.07, 6.45) is 2.53. The van der Waals surface area contributed by atoms with Gasteiger partial charge in [0.15, 0.2) is 0 Å². The molecule has 2 N–H and O–H groups in total. The first-order chi connectivity index (χ1) is 9.99. The molecule has 0 fully saturated rings. The first-order valence-corrected chi connectivity index (χ1v) is 6.84. The lowest BCUT2D eigenvalue weighted by Crippen LogP contribution is -2.36. The van der Waals surface area contributed by atoms with Gasteiger partial charge in [0, 0.05) is 36.6 Å². The van der Waals surface area contributed by atoms with Gasteiger partial charge in [0.05, 0.1) is 12.1 Å². The second-order valence-corrected chi connectivity index (χ2v) is 5.11. The van der Waals surface area contributed by atoms with E-state index >= 15 is 0 Å². The van der Waals surface area contributed by atoms with Crippen LogP contribution in [0.25, 0.3) is 0 Å². The molecule has 3 unspecified atom stereocenters. The van der Waals surface area contributed by atoms with Crippen molar-refractivity contribution in [1.82, 2.24) is 15.1 Å². The standard InChI is InChI=1S/C15H19F2N3O/c1-10(11(2)20-7-3-6-19-20)18-9-15(21)13-5-4-12(16)8-14(13)17/h3-8,10-11,15,18,21H,9H2,1-2H3. The molecule has 21 heavy (non-hydrogen) atoms. The largest absolute Gasteiger partial charge is 0.387 e. The summed E-state index contributed by atoms with van der Waals surface area (Å²) < 4.78 is 28.2. The molecule has 2 aromatic rings. The number of hydrogen-bond acceptors (Lipinski definition) is 3. The molecule has 1 aromatic carbocycles. The Hall–Kier alpha value is -1.79. The van der Waals surface area contributed by atoms with Gasteiger partial charge in [-0.1, -0.05) is 6.07 Å². The van der Waals surface area contributed by atoms with Gasteiger partial charge in [-0.25, -0.2) is 8.78 Å². The van der Waals surface area contributed by atoms with Crippen LogP contribution in [0.4, 0.5) is 8.78 Å². The molecule has 0 aliphatic carbocycles. The summed E-state index contributed by atoms with van der Waals surface area (Å²) in [6.45, 7) is 4.13. The van der Waals surface area contributed by atoms with Crippen LogP contribution >= 0.6 is 0 Å². The van der Waals surface area contributed by atoms with Crippen LogP contribution in [-0.2, 0) is 0 Å². The monoisotopic (exact) mass is 295 g/mol. The van der Waals surface area contributed by atoms with Gasteiger partial charge in [0.2, 0.25) is 0 Å². The van der Waals surface area contributed by atoms with E-state index in [9.17, 15) is 13.9 Å². The normalized spacial score (nSPS) is 15.7. The van der Waals surface area contributed by atoms with Crippen molar-refractivity contribution in [3.05, 3.63) is 53.9 Å². The summed E-state index contributed by atoms with van der Waals surface area (Å²) in [5.74, 6) is -1.39. The molecule has 0 amide bonds. The van der Waals surface area contributed by atoms with Crippen LogP contribution < -0.4 is 5.32 Å². The summed E-state index contributed by atoms with van der Waals surface area (Å²) in [5, 5.41) is 17.3. The number of aromatic nitrogens is 2. The van der Waals surface area contributed by atoms with Crippen molar-refractivity contribution in [1.29, 1.82) is 0 Å². The molecular formula is C15H19F2N3O. The number of nitrogens with zero attached hydrogens (tertiary/aromatic N) is 2. The van der Waals surface area contributed by atoms with Crippen molar-refractivity contribution in [3.63, 3.8) is 0 Å². The Morgan fingerprint density at radius 3 is 2.71 bits per heavy atom. The lowest BCUT2D eigenvalue weighted by atomic mass is 10.1. The van der Waals surface area contributed by atoms with Gasteiger partial charge in [-0.15, -0.1) is 0 Å². The summed E-state index contributed by atoms with van der Waals surface area (Å²) in [6, 6.07) is 5.13. The molecular weight excluding hydrogens is 276 g/mol. The van der Waals surface area contributed by atoms with Crippen molar-refractivity contribution < 1.29 is 13.9 Å². The lowest BCUT2D eigenvalue weighted by Gasteiger charge is -2.23. The second-order valence-electron chi connectivity index (χ2n) is 5.11. The fourth-order valence-corrected chi connectivity index (χ4v) is 2.10. The van der Waals surface area contributed by atoms with Crippen LogP contribution in [-0.4, -0.2) is 27.5 Å². The minimum atomic E-state index is -1.03. The highest BCUT2D eigenvalue weighted by Gasteiger charge is 2.18. The van der Waals surface area contributed by atoms with Gasteiger partial charge in [-0.2, -0.15) is 5.10 Å². The van der Waals surface area contributed by atoms with Crippen molar-refractivity contribution in [2.45, 2.75) is 32.0 Å². The van der Waals surface area contributed by atoms with E-state index < -0.39 is 17.7 Å². The highest BCUT2D eigenvalue weighted by Crippen LogP contribution is 2.18. The summed E-state index contributed by atoms with van der Waals surface area (Å²) in [5.41, 5.74) is 0.0860. The Kier molecular flexibility index (Phi) is 5.03. The Morgan fingerprint density at radius 1 is 1.33 bits per heavy atom. The Balaban J connectivity index is 1.93. The molecule has 4 nitrogen and oxygen atoms in total. The molecule has 1 heterocycles. The molecule has 0 radical (unpaired) electrons. The predicted molar refractivity (Wildman–Crippen MR) is 75.7 cm³/mol. The van der Waals surface area contributed by atoms with E-state index in [4.69, 9.17) is 0 Å². The molecule has 3 atom stereocenters. The minimum absolute atomic E-state index is 0.0306. The van der Waals surface area contributed by atoms with Gasteiger partial charge < -0.3 is 10.4 Å². The smallest absolute Gasteiger partial charge is 0.131 e. The summed E-state index contributed by atoms with van der Waals surface area (Å²) in [7, 11) is 0. The van der Waals surface area contributed by atoms with Gasteiger partial charge >= 0.3 is 0 Å². The predicted octanol–water partition coefficient (Wildman–Crippen LogP) is 2.43. The molecule has 1 aromatic heterocycles. The molecule has 0 aliphatic heterocycles. The number of aliphatic hydroxyl groups excluding tert-OH is 1. The van der Waals surface area contributed by atoms with E-state index in [1.807, 2.05) is 30.8 Å². The topological polar surface area (TPSA) is 50.1 Å². The van der Waals surface area contributed by atoms with Crippen LogP contribution in [0.3, 0.4) is 0 Å². The van der Waals surface area contributed by atoms with E-state index in [2.05, 4.69) is 10.4 Å². The fraction of sp³-hybridized carbons (Fsp3) is 0.400. The van der Waals surface area contributed by atoms with Crippen molar-refractivity contribution in [3.8, 4) is 0 Å². The molecule has 114 valence electrons. The van der Waals surface area contributed by atoms with Crippen LogP contribution in [0.5, 0.6) is 0 Å². The van der Waals surface area contributed by atoms with Crippen LogP contribution in [0, 0.1) is 11.6 Å². The third-order valence-electron chi connectivity index (χ3n) is 3.62. The number of hydrogen-bond donors (Lipinski definition) is 2. The van der Waals surface area contributed by atoms with Gasteiger partial charge in [0.25, 0.3) is 0 Å². The van der Waals surface area contributed by atoms with Crippen molar-refractivity contribution >= 4 is 0 Å². The SMILES string of the molecule is CC(NCC(O)c1ccc(F)cc1F)C(C)n1cccn1. The lowest BCUT2D eigenvalue weighted by molar-refractivity contribution is 0.161. The van der Waals surface area contributed by atoms with Gasteiger partial charge in [-0.05, 0) is 26.0 Å². The van der Waals surface area contributed by atoms with E-state index in [-0.39, 0.29) is 24.2 Å². The number of aliphatic hydroxyl groups is 1. The second kappa shape index (κ2) is 6.78. The van der Waals surface area contributed by atoms with E-state index in [1.54, 1.807) is 6.20 Å². The van der Waals surface area contributed by atoms with Crippen molar-refractivity contribution in [2.24, 2.45) is 0 Å². The van der Waals surface area contributed by atoms with Gasteiger partial charge in [0.1, 0.15) is 11.6 Å². The number of nitrogens with one attached hydrogen (secondary N) is 1. The highest BCUT2D eigenvalue weighted by atomic mass is 19.1. The van der Waals surface area contributed by atoms with Crippen LogP contribution in [0.2, 0.25) is 0 Å². The number of rotatable bonds is 6. The maximum atomic E-state index is 13.6. The Labute approximate surface area is 122 Å². The third kappa shape index (κ3) is 3.86. The zero-order valence-corrected chi connectivity index (χ0v) is 12.0. The van der Waals surface area contributed by atoms with Crippen LogP contribution in [0.15, 0.2) is 36.7 Å². The van der Waals surface area contributed by atoms with E-state index in [1.165, 1.54) is 6.07 Å². The molecule has 0 bridgehead atoms. The first-order valence-electron chi connectivity index (χ1n) is 6.84. The Bertz CT molecular complexity index is 574. The number of benzene rings is 1. The molecule has 2 rings (SSSR count). The zero-order chi connectivity index (χ0) is 15.4. The maximum Gasteiger partial charge on any atom is 0.131 e. The maximum absolute atomic E-state index is 13.6. The Morgan fingerprint density at radius 2 is 2.10 bits per heavy atom. The highest BCUT2D eigenvalue weighted by molar-refractivity contribution is 5.21.